The molecule has 1 aromatic carbocycles. The van der Waals surface area contributed by atoms with Gasteiger partial charge in [-0.05, 0) is 55.7 Å². The summed E-state index contributed by atoms with van der Waals surface area (Å²) in [6, 6.07) is -7.37. The van der Waals surface area contributed by atoms with Crippen LogP contribution in [0.3, 0.4) is 0 Å². The summed E-state index contributed by atoms with van der Waals surface area (Å²) < 4.78 is 0. The molecule has 13 unspecified atom stereocenters. The zero-order chi connectivity index (χ0) is 55.8. The Labute approximate surface area is 436 Å². The Bertz CT molecular complexity index is 2100. The van der Waals surface area contributed by atoms with Gasteiger partial charge in [-0.25, -0.2) is 0 Å². The van der Waals surface area contributed by atoms with E-state index in [1.165, 1.54) is 6.42 Å². The van der Waals surface area contributed by atoms with Crippen molar-refractivity contribution in [1.29, 1.82) is 0 Å². The van der Waals surface area contributed by atoms with Crippen LogP contribution in [0, 0.1) is 11.8 Å². The van der Waals surface area contributed by atoms with Gasteiger partial charge in [0.05, 0.1) is 30.8 Å². The zero-order valence-corrected chi connectivity index (χ0v) is 43.1. The van der Waals surface area contributed by atoms with E-state index < -0.39 is 165 Å². The fourth-order valence-corrected chi connectivity index (χ4v) is 9.79. The summed E-state index contributed by atoms with van der Waals surface area (Å²) >= 11 is 0. The number of hydrogen-bond donors (Lipinski definition) is 15. The third kappa shape index (κ3) is 17.8. The number of nitrogens with one attached hydrogen (secondary N) is 5. The van der Waals surface area contributed by atoms with Gasteiger partial charge >= 0.3 is 0 Å². The van der Waals surface area contributed by atoms with E-state index in [4.69, 9.17) is 5.73 Å². The van der Waals surface area contributed by atoms with E-state index in [-0.39, 0.29) is 24.2 Å². The van der Waals surface area contributed by atoms with Gasteiger partial charge in [-0.3, -0.25) is 38.4 Å². The molecular formula is C50H80N8O17. The number of amides is 8. The van der Waals surface area contributed by atoms with Gasteiger partial charge in [-0.2, -0.15) is 0 Å². The molecule has 0 aromatic heterocycles. The maximum absolute atomic E-state index is 14.4. The number of phenolic OH excluding ortho intramolecular Hbond substituents is 1. The Morgan fingerprint density at radius 2 is 1.32 bits per heavy atom. The van der Waals surface area contributed by atoms with Gasteiger partial charge in [-0.1, -0.05) is 77.8 Å². The molecular weight excluding hydrogens is 985 g/mol. The normalized spacial score (nSPS) is 29.0. The number of hydrogen-bond acceptors (Lipinski definition) is 17. The maximum atomic E-state index is 14.4. The van der Waals surface area contributed by atoms with Crippen LogP contribution in [0.1, 0.15) is 129 Å². The van der Waals surface area contributed by atoms with Gasteiger partial charge in [0.2, 0.25) is 47.3 Å². The minimum Gasteiger partial charge on any atom is -0.508 e. The molecule has 1 aromatic rings. The summed E-state index contributed by atoms with van der Waals surface area (Å²) in [6.07, 6.45) is -10.2. The summed E-state index contributed by atoms with van der Waals surface area (Å²) in [5, 5.41) is 110. The molecule has 0 aliphatic carbocycles. The standard InChI is InChI=1S/C50H80N8O17/c1-5-25(2)20-26(3)12-10-8-6-7-9-11-13-37(66)52-31-22-35(64)46(71)56-48(73)41-33(62)18-19-57(41)50(75)39(34(63)23-36(51)65)54-47(72)40(43(68)42(67)28-14-16-29(60)17-15-28)55-45(70)32-21-30(61)24-58(32)49(74)38(27(4)59)53-44(31)69/h14-17,25-27,30-35,38-43,46,59-64,67-68,71H,5-13,18-24H2,1-4H3,(H2,51,65)(H,52,66)(H,53,69)(H,54,72)(H,55,70)(H,56,73)/t25?,26?,27?,30?,31?,32-,33?,34?,35?,38?,39-,40?,41-,42?,43?,46?/m0/s1. The van der Waals surface area contributed by atoms with Crippen molar-refractivity contribution in [2.24, 2.45) is 17.6 Å². The largest absolute Gasteiger partial charge is 0.508 e. The van der Waals surface area contributed by atoms with Crippen molar-refractivity contribution in [2.45, 2.75) is 203 Å². The second-order valence-electron chi connectivity index (χ2n) is 20.6. The van der Waals surface area contributed by atoms with Crippen LogP contribution in [0.4, 0.5) is 0 Å². The number of rotatable bonds is 20. The second kappa shape index (κ2) is 29.1. The molecule has 16 N–H and O–H groups in total. The number of aliphatic hydroxyl groups is 8. The van der Waals surface area contributed by atoms with E-state index in [9.17, 15) is 84.3 Å². The molecule has 3 fully saturated rings. The van der Waals surface area contributed by atoms with Gasteiger partial charge in [0, 0.05) is 32.4 Å². The molecule has 3 saturated heterocycles. The van der Waals surface area contributed by atoms with E-state index in [0.717, 1.165) is 74.6 Å². The van der Waals surface area contributed by atoms with Crippen molar-refractivity contribution in [1.82, 2.24) is 36.4 Å². The van der Waals surface area contributed by atoms with Gasteiger partial charge in [0.15, 0.2) is 6.23 Å². The van der Waals surface area contributed by atoms with Crippen LogP contribution in [0.2, 0.25) is 0 Å². The molecule has 75 heavy (non-hydrogen) atoms. The van der Waals surface area contributed by atoms with Crippen molar-refractivity contribution in [3.05, 3.63) is 29.8 Å². The number of nitrogens with zero attached hydrogens (tertiary/aromatic N) is 2. The SMILES string of the molecule is CCC(C)CC(C)CCCCCCCCC(=O)NC1CC(O)C(O)NC(=O)[C@@H]2C(O)CCN2C(=O)[C@H](C(O)CC(N)=O)NC(=O)C(C(O)C(O)c2ccc(O)cc2)NC(=O)[C@@H]2CC(O)CN2C(=O)C(C(C)O)NC1=O. The van der Waals surface area contributed by atoms with Crippen LogP contribution in [0.25, 0.3) is 0 Å². The van der Waals surface area contributed by atoms with Crippen molar-refractivity contribution in [3.8, 4) is 5.75 Å². The van der Waals surface area contributed by atoms with Crippen LogP contribution < -0.4 is 32.3 Å². The van der Waals surface area contributed by atoms with Crippen molar-refractivity contribution in [2.75, 3.05) is 13.1 Å². The van der Waals surface area contributed by atoms with E-state index in [1.807, 2.05) is 0 Å². The van der Waals surface area contributed by atoms with Crippen molar-refractivity contribution < 1.29 is 84.3 Å². The second-order valence-corrected chi connectivity index (χ2v) is 20.6. The fraction of sp³-hybridized carbons (Fsp3) is 0.720. The highest BCUT2D eigenvalue weighted by molar-refractivity contribution is 5.98. The number of aromatic hydroxyl groups is 1. The average molecular weight is 1070 g/mol. The zero-order valence-electron chi connectivity index (χ0n) is 43.1. The third-order valence-electron chi connectivity index (χ3n) is 14.3. The molecule has 25 nitrogen and oxygen atoms in total. The molecule has 3 aliphatic rings. The average Bonchev–Trinajstić information content (AvgIpc) is 3.95. The summed E-state index contributed by atoms with van der Waals surface area (Å²) in [5.41, 5.74) is 5.21. The molecule has 4 rings (SSSR count). The van der Waals surface area contributed by atoms with E-state index >= 15 is 0 Å². The first kappa shape index (κ1) is 62.0. The van der Waals surface area contributed by atoms with E-state index in [0.29, 0.717) is 29.6 Å². The Hall–Kier alpha value is -5.54. The lowest BCUT2D eigenvalue weighted by Crippen LogP contribution is -2.64. The van der Waals surface area contributed by atoms with Crippen molar-refractivity contribution >= 4 is 47.3 Å². The monoisotopic (exact) mass is 1060 g/mol. The summed E-state index contributed by atoms with van der Waals surface area (Å²) in [4.78, 5) is 112. The lowest BCUT2D eigenvalue weighted by atomic mass is 9.91. The fourth-order valence-electron chi connectivity index (χ4n) is 9.79. The van der Waals surface area contributed by atoms with Crippen LogP contribution in [0.15, 0.2) is 24.3 Å². The van der Waals surface area contributed by atoms with Crippen LogP contribution in [-0.4, -0.2) is 195 Å². The molecule has 16 atom stereocenters. The number of unbranched alkanes of at least 4 members (excludes halogenated alkanes) is 5. The number of carbonyl (C=O) groups excluding carboxylic acids is 8. The lowest BCUT2D eigenvalue weighted by Gasteiger charge is -2.34. The van der Waals surface area contributed by atoms with Crippen LogP contribution in [-0.2, 0) is 38.4 Å². The molecule has 8 amide bonds. The lowest BCUT2D eigenvalue weighted by molar-refractivity contribution is -0.149. The predicted molar refractivity (Wildman–Crippen MR) is 265 cm³/mol. The number of nitrogens with two attached hydrogens (primary N) is 1. The quantitative estimate of drug-likeness (QED) is 0.0568. The van der Waals surface area contributed by atoms with Gasteiger partial charge < -0.3 is 88.1 Å². The Kier molecular flexibility index (Phi) is 24.1. The van der Waals surface area contributed by atoms with Gasteiger partial charge in [0.1, 0.15) is 60.3 Å². The smallest absolute Gasteiger partial charge is 0.248 e. The summed E-state index contributed by atoms with van der Waals surface area (Å²) in [5.74, 6) is -8.59. The maximum Gasteiger partial charge on any atom is 0.248 e. The molecule has 25 heteroatoms. The number of aliphatic hydroxyl groups excluding tert-OH is 8. The first-order valence-electron chi connectivity index (χ1n) is 26.0. The Morgan fingerprint density at radius 1 is 0.720 bits per heavy atom. The van der Waals surface area contributed by atoms with Crippen LogP contribution in [0.5, 0.6) is 5.75 Å². The number of primary amides is 1. The minimum atomic E-state index is -2.36. The van der Waals surface area contributed by atoms with Gasteiger partial charge in [-0.15, -0.1) is 0 Å². The number of fused-ring (bicyclic) bond motifs is 2. The topological polar surface area (TPSA) is 411 Å². The van der Waals surface area contributed by atoms with E-state index in [2.05, 4.69) is 47.4 Å². The number of benzene rings is 1. The highest BCUT2D eigenvalue weighted by Crippen LogP contribution is 2.27. The number of carbonyl (C=O) groups is 8. The highest BCUT2D eigenvalue weighted by atomic mass is 16.3. The molecule has 0 bridgehead atoms. The molecule has 3 aliphatic heterocycles. The third-order valence-corrected chi connectivity index (χ3v) is 14.3. The summed E-state index contributed by atoms with van der Waals surface area (Å²) in [6.45, 7) is 6.76. The number of phenols is 1. The molecule has 0 spiro atoms. The minimum absolute atomic E-state index is 0.0795. The van der Waals surface area contributed by atoms with Gasteiger partial charge in [0.25, 0.3) is 0 Å². The Balaban J connectivity index is 1.69. The molecule has 422 valence electrons. The van der Waals surface area contributed by atoms with Crippen molar-refractivity contribution in [3.63, 3.8) is 0 Å². The Morgan fingerprint density at radius 3 is 1.95 bits per heavy atom. The van der Waals surface area contributed by atoms with E-state index in [1.54, 1.807) is 0 Å². The molecule has 0 saturated carbocycles. The summed E-state index contributed by atoms with van der Waals surface area (Å²) in [7, 11) is 0. The first-order valence-corrected chi connectivity index (χ1v) is 26.0. The van der Waals surface area contributed by atoms with Crippen LogP contribution >= 0.6 is 0 Å². The highest BCUT2D eigenvalue weighted by Gasteiger charge is 2.49. The molecule has 3 heterocycles. The predicted octanol–water partition coefficient (Wildman–Crippen LogP) is -3.34. The molecule has 0 radical (unpaired) electrons. The first-order chi connectivity index (χ1) is 35.3.